The van der Waals surface area contributed by atoms with Gasteiger partial charge in [0.05, 0.1) is 10.9 Å². The maximum Gasteiger partial charge on any atom is 0.165 e. The normalized spacial score (nSPS) is 16.9. The molecule has 4 heteroatoms. The van der Waals surface area contributed by atoms with Gasteiger partial charge in [-0.3, -0.25) is 0 Å². The average molecular weight is 331 g/mol. The predicted octanol–water partition coefficient (Wildman–Crippen LogP) is 5.51. The summed E-state index contributed by atoms with van der Waals surface area (Å²) in [5, 5.41) is 2.14. The van der Waals surface area contributed by atoms with Gasteiger partial charge in [-0.1, -0.05) is 53.7 Å². The van der Waals surface area contributed by atoms with Crippen LogP contribution in [0.3, 0.4) is 0 Å². The van der Waals surface area contributed by atoms with E-state index < -0.39 is 0 Å². The van der Waals surface area contributed by atoms with Crippen LogP contribution in [-0.4, -0.2) is 23.2 Å². The number of thioether (sulfide) groups is 1. The molecular formula is C18H19ClN2S. The lowest BCUT2D eigenvalue weighted by atomic mass is 10.0. The van der Waals surface area contributed by atoms with Crippen LogP contribution in [-0.2, 0) is 0 Å². The van der Waals surface area contributed by atoms with E-state index in [1.165, 1.54) is 11.1 Å². The SMILES string of the molecule is CCN(CC)C1=Nc2ccccc2C(c2ccc(Cl)cc2)S1. The standard InChI is InChI=1S/C18H19ClN2S/c1-3-21(4-2)18-20-16-8-6-5-7-15(16)17(22-18)13-9-11-14(19)12-10-13/h5-12,17H,3-4H2,1-2H3. The van der Waals surface area contributed by atoms with Gasteiger partial charge in [-0.05, 0) is 43.2 Å². The Morgan fingerprint density at radius 1 is 1.05 bits per heavy atom. The van der Waals surface area contributed by atoms with Gasteiger partial charge in [0.25, 0.3) is 0 Å². The molecule has 0 fully saturated rings. The zero-order valence-electron chi connectivity index (χ0n) is 12.8. The van der Waals surface area contributed by atoms with Crippen molar-refractivity contribution in [2.45, 2.75) is 19.1 Å². The summed E-state index contributed by atoms with van der Waals surface area (Å²) >= 11 is 7.86. The summed E-state index contributed by atoms with van der Waals surface area (Å²) in [6, 6.07) is 16.6. The monoisotopic (exact) mass is 330 g/mol. The number of hydrogen-bond donors (Lipinski definition) is 0. The number of para-hydroxylation sites is 1. The maximum atomic E-state index is 6.04. The Morgan fingerprint density at radius 3 is 2.41 bits per heavy atom. The van der Waals surface area contributed by atoms with Crippen molar-refractivity contribution in [3.05, 3.63) is 64.7 Å². The molecule has 1 aliphatic rings. The summed E-state index contributed by atoms with van der Waals surface area (Å²) in [6.45, 7) is 6.28. The molecule has 2 aromatic rings. The van der Waals surface area contributed by atoms with Crippen LogP contribution in [0.25, 0.3) is 0 Å². The molecular weight excluding hydrogens is 312 g/mol. The van der Waals surface area contributed by atoms with Gasteiger partial charge in [-0.25, -0.2) is 4.99 Å². The van der Waals surface area contributed by atoms with Crippen molar-refractivity contribution in [2.75, 3.05) is 13.1 Å². The predicted molar refractivity (Wildman–Crippen MR) is 97.3 cm³/mol. The molecule has 0 bridgehead atoms. The molecule has 1 aliphatic heterocycles. The third-order valence-corrected chi connectivity index (χ3v) is 5.44. The summed E-state index contributed by atoms with van der Waals surface area (Å²) in [5.74, 6) is 0. The topological polar surface area (TPSA) is 15.6 Å². The van der Waals surface area contributed by atoms with Crippen LogP contribution in [0.4, 0.5) is 5.69 Å². The second-order valence-electron chi connectivity index (χ2n) is 5.17. The summed E-state index contributed by atoms with van der Waals surface area (Å²) in [7, 11) is 0. The highest BCUT2D eigenvalue weighted by molar-refractivity contribution is 8.14. The smallest absolute Gasteiger partial charge is 0.165 e. The van der Waals surface area contributed by atoms with Crippen molar-refractivity contribution in [3.8, 4) is 0 Å². The largest absolute Gasteiger partial charge is 0.352 e. The van der Waals surface area contributed by atoms with Gasteiger partial charge in [0.15, 0.2) is 5.17 Å². The molecule has 0 N–H and O–H groups in total. The molecule has 1 heterocycles. The van der Waals surface area contributed by atoms with Crippen LogP contribution in [0.1, 0.15) is 30.2 Å². The molecule has 1 unspecified atom stereocenters. The molecule has 1 atom stereocenters. The van der Waals surface area contributed by atoms with E-state index in [9.17, 15) is 0 Å². The first-order valence-corrected chi connectivity index (χ1v) is 8.83. The van der Waals surface area contributed by atoms with Crippen LogP contribution in [0.2, 0.25) is 5.02 Å². The Morgan fingerprint density at radius 2 is 1.73 bits per heavy atom. The highest BCUT2D eigenvalue weighted by Gasteiger charge is 2.26. The van der Waals surface area contributed by atoms with Crippen molar-refractivity contribution in [3.63, 3.8) is 0 Å². The number of hydrogen-bond acceptors (Lipinski definition) is 3. The van der Waals surface area contributed by atoms with Crippen molar-refractivity contribution < 1.29 is 0 Å². The summed E-state index contributed by atoms with van der Waals surface area (Å²) in [5.41, 5.74) is 3.61. The van der Waals surface area contributed by atoms with E-state index in [4.69, 9.17) is 16.6 Å². The van der Waals surface area contributed by atoms with Gasteiger partial charge in [0.1, 0.15) is 0 Å². The molecule has 22 heavy (non-hydrogen) atoms. The zero-order valence-corrected chi connectivity index (χ0v) is 14.4. The van der Waals surface area contributed by atoms with Crippen molar-refractivity contribution in [2.24, 2.45) is 4.99 Å². The van der Waals surface area contributed by atoms with E-state index in [1.807, 2.05) is 23.9 Å². The summed E-state index contributed by atoms with van der Waals surface area (Å²) in [4.78, 5) is 7.17. The lowest BCUT2D eigenvalue weighted by Crippen LogP contribution is -2.30. The molecule has 114 valence electrons. The third-order valence-electron chi connectivity index (χ3n) is 3.87. The quantitative estimate of drug-likeness (QED) is 0.737. The highest BCUT2D eigenvalue weighted by Crippen LogP contribution is 2.45. The van der Waals surface area contributed by atoms with E-state index in [0.29, 0.717) is 0 Å². The second kappa shape index (κ2) is 6.76. The second-order valence-corrected chi connectivity index (χ2v) is 6.68. The van der Waals surface area contributed by atoms with Crippen molar-refractivity contribution >= 4 is 34.2 Å². The molecule has 2 nitrogen and oxygen atoms in total. The minimum Gasteiger partial charge on any atom is -0.352 e. The van der Waals surface area contributed by atoms with Gasteiger partial charge in [0, 0.05) is 18.1 Å². The van der Waals surface area contributed by atoms with Gasteiger partial charge in [0.2, 0.25) is 0 Å². The minimum atomic E-state index is 0.265. The van der Waals surface area contributed by atoms with Gasteiger partial charge < -0.3 is 4.90 Å². The van der Waals surface area contributed by atoms with E-state index >= 15 is 0 Å². The Balaban J connectivity index is 2.04. The fourth-order valence-electron chi connectivity index (χ4n) is 2.63. The zero-order chi connectivity index (χ0) is 15.5. The Hall–Kier alpha value is -1.45. The molecule has 0 spiro atoms. The van der Waals surface area contributed by atoms with Crippen LogP contribution in [0, 0.1) is 0 Å². The molecule has 0 amide bonds. The fraction of sp³-hybridized carbons (Fsp3) is 0.278. The number of fused-ring (bicyclic) bond motifs is 1. The Kier molecular flexibility index (Phi) is 4.74. The molecule has 0 aliphatic carbocycles. The minimum absolute atomic E-state index is 0.265. The number of aliphatic imine (C=N–C) groups is 1. The Bertz CT molecular complexity index is 678. The van der Waals surface area contributed by atoms with Crippen LogP contribution < -0.4 is 0 Å². The fourth-order valence-corrected chi connectivity index (χ4v) is 4.15. The molecule has 0 aromatic heterocycles. The number of nitrogens with zero attached hydrogens (tertiary/aromatic N) is 2. The van der Waals surface area contributed by atoms with E-state index in [1.54, 1.807) is 0 Å². The van der Waals surface area contributed by atoms with Gasteiger partial charge >= 0.3 is 0 Å². The first-order valence-electron chi connectivity index (χ1n) is 7.57. The van der Waals surface area contributed by atoms with Crippen molar-refractivity contribution in [1.29, 1.82) is 0 Å². The Labute approximate surface area is 141 Å². The maximum absolute atomic E-state index is 6.04. The molecule has 0 radical (unpaired) electrons. The van der Waals surface area contributed by atoms with Gasteiger partial charge in [-0.15, -0.1) is 0 Å². The highest BCUT2D eigenvalue weighted by atomic mass is 35.5. The number of amidine groups is 1. The lowest BCUT2D eigenvalue weighted by Gasteiger charge is -2.30. The van der Waals surface area contributed by atoms with E-state index in [0.717, 1.165) is 29.0 Å². The first kappa shape index (κ1) is 15.4. The van der Waals surface area contributed by atoms with Gasteiger partial charge in [-0.2, -0.15) is 0 Å². The molecule has 3 rings (SSSR count). The molecule has 2 aromatic carbocycles. The first-order chi connectivity index (χ1) is 10.7. The number of halogens is 1. The van der Waals surface area contributed by atoms with Crippen LogP contribution in [0.5, 0.6) is 0 Å². The van der Waals surface area contributed by atoms with Crippen LogP contribution in [0.15, 0.2) is 53.5 Å². The van der Waals surface area contributed by atoms with Crippen molar-refractivity contribution in [1.82, 2.24) is 4.90 Å². The van der Waals surface area contributed by atoms with E-state index in [-0.39, 0.29) is 5.25 Å². The van der Waals surface area contributed by atoms with Crippen LogP contribution >= 0.6 is 23.4 Å². The summed E-state index contributed by atoms with van der Waals surface area (Å²) in [6.07, 6.45) is 0. The average Bonchev–Trinajstić information content (AvgIpc) is 2.56. The third kappa shape index (κ3) is 3.01. The number of benzene rings is 2. The molecule has 0 saturated heterocycles. The number of rotatable bonds is 3. The summed E-state index contributed by atoms with van der Waals surface area (Å²) < 4.78 is 0. The lowest BCUT2D eigenvalue weighted by molar-refractivity contribution is 0.474. The molecule has 0 saturated carbocycles. The van der Waals surface area contributed by atoms with E-state index in [2.05, 4.69) is 55.1 Å².